The average molecular weight is 234 g/mol. The Hall–Kier alpha value is -1.13. The lowest BCUT2D eigenvalue weighted by atomic mass is 10.0. The molecule has 1 aliphatic heterocycles. The van der Waals surface area contributed by atoms with Crippen molar-refractivity contribution in [3.05, 3.63) is 24.0 Å². The van der Waals surface area contributed by atoms with E-state index in [0.717, 1.165) is 18.8 Å². The quantitative estimate of drug-likeness (QED) is 0.850. The van der Waals surface area contributed by atoms with Crippen molar-refractivity contribution in [2.75, 3.05) is 32.1 Å². The van der Waals surface area contributed by atoms with E-state index in [-0.39, 0.29) is 0 Å². The number of anilines is 1. The smallest absolute Gasteiger partial charge is 0.0560 e. The first-order valence-corrected chi connectivity index (χ1v) is 6.27. The van der Waals surface area contributed by atoms with Gasteiger partial charge >= 0.3 is 0 Å². The molecule has 2 heterocycles. The molecule has 1 saturated heterocycles. The van der Waals surface area contributed by atoms with Crippen molar-refractivity contribution in [3.8, 4) is 0 Å². The molecule has 94 valence electrons. The summed E-state index contributed by atoms with van der Waals surface area (Å²) >= 11 is 0. The van der Waals surface area contributed by atoms with Crippen LogP contribution < -0.4 is 10.6 Å². The molecule has 1 aliphatic rings. The highest BCUT2D eigenvalue weighted by Gasteiger charge is 2.21. The molecule has 1 aromatic heterocycles. The van der Waals surface area contributed by atoms with Crippen molar-refractivity contribution in [2.45, 2.75) is 25.4 Å². The standard InChI is InChI=1S/C13H22N4/c1-16(2)13-4-3-7-17(10-13)12-5-6-15-11(8-12)9-14/h5-6,8,13H,3-4,7,9-10,14H2,1-2H3. The fourth-order valence-corrected chi connectivity index (χ4v) is 2.38. The third-order valence-electron chi connectivity index (χ3n) is 3.50. The zero-order chi connectivity index (χ0) is 12.3. The molecule has 0 aliphatic carbocycles. The van der Waals surface area contributed by atoms with Gasteiger partial charge in [0.25, 0.3) is 0 Å². The molecule has 0 spiro atoms. The fraction of sp³-hybridized carbons (Fsp3) is 0.615. The summed E-state index contributed by atoms with van der Waals surface area (Å²) in [4.78, 5) is 9.00. The highest BCUT2D eigenvalue weighted by Crippen LogP contribution is 2.21. The lowest BCUT2D eigenvalue weighted by molar-refractivity contribution is 0.258. The zero-order valence-electron chi connectivity index (χ0n) is 10.8. The summed E-state index contributed by atoms with van der Waals surface area (Å²) in [7, 11) is 4.32. The van der Waals surface area contributed by atoms with Crippen molar-refractivity contribution >= 4 is 5.69 Å². The van der Waals surface area contributed by atoms with Gasteiger partial charge in [0, 0.05) is 37.6 Å². The molecule has 1 fully saturated rings. The van der Waals surface area contributed by atoms with E-state index in [4.69, 9.17) is 5.73 Å². The van der Waals surface area contributed by atoms with Crippen LogP contribution in [0.15, 0.2) is 18.3 Å². The van der Waals surface area contributed by atoms with Crippen molar-refractivity contribution in [1.29, 1.82) is 0 Å². The summed E-state index contributed by atoms with van der Waals surface area (Å²) in [6.45, 7) is 2.75. The van der Waals surface area contributed by atoms with Gasteiger partial charge in [0.1, 0.15) is 0 Å². The normalized spacial score (nSPS) is 20.9. The Bertz CT molecular complexity index is 364. The van der Waals surface area contributed by atoms with E-state index >= 15 is 0 Å². The van der Waals surface area contributed by atoms with Crippen LogP contribution in [0.2, 0.25) is 0 Å². The van der Waals surface area contributed by atoms with Crippen molar-refractivity contribution in [3.63, 3.8) is 0 Å². The van der Waals surface area contributed by atoms with Gasteiger partial charge in [0.2, 0.25) is 0 Å². The first kappa shape index (κ1) is 12.3. The van der Waals surface area contributed by atoms with E-state index in [1.54, 1.807) is 0 Å². The van der Waals surface area contributed by atoms with Crippen LogP contribution >= 0.6 is 0 Å². The summed E-state index contributed by atoms with van der Waals surface area (Å²) in [6.07, 6.45) is 4.40. The maximum Gasteiger partial charge on any atom is 0.0560 e. The van der Waals surface area contributed by atoms with Crippen LogP contribution in [0, 0.1) is 0 Å². The van der Waals surface area contributed by atoms with Gasteiger partial charge in [-0.15, -0.1) is 0 Å². The minimum atomic E-state index is 0.513. The van der Waals surface area contributed by atoms with Gasteiger partial charge in [-0.05, 0) is 39.1 Å². The number of hydrogen-bond acceptors (Lipinski definition) is 4. The largest absolute Gasteiger partial charge is 0.370 e. The molecule has 0 saturated carbocycles. The molecular formula is C13H22N4. The highest BCUT2D eigenvalue weighted by molar-refractivity contribution is 5.47. The maximum absolute atomic E-state index is 5.63. The van der Waals surface area contributed by atoms with E-state index in [9.17, 15) is 0 Å². The third kappa shape index (κ3) is 2.96. The van der Waals surface area contributed by atoms with Crippen molar-refractivity contribution in [2.24, 2.45) is 5.73 Å². The predicted molar refractivity (Wildman–Crippen MR) is 71.1 cm³/mol. The van der Waals surface area contributed by atoms with Gasteiger partial charge in [-0.2, -0.15) is 0 Å². The second-order valence-corrected chi connectivity index (χ2v) is 4.92. The topological polar surface area (TPSA) is 45.4 Å². The van der Waals surface area contributed by atoms with Crippen LogP contribution in [0.3, 0.4) is 0 Å². The molecule has 17 heavy (non-hydrogen) atoms. The lowest BCUT2D eigenvalue weighted by Crippen LogP contribution is -2.45. The molecule has 1 atom stereocenters. The van der Waals surface area contributed by atoms with Gasteiger partial charge in [0.05, 0.1) is 5.69 Å². The first-order chi connectivity index (χ1) is 8.20. The minimum Gasteiger partial charge on any atom is -0.370 e. The van der Waals surface area contributed by atoms with Crippen LogP contribution in [0.1, 0.15) is 18.5 Å². The number of hydrogen-bond donors (Lipinski definition) is 1. The molecule has 2 N–H and O–H groups in total. The molecule has 1 unspecified atom stereocenters. The van der Waals surface area contributed by atoms with Gasteiger partial charge in [-0.25, -0.2) is 0 Å². The van der Waals surface area contributed by atoms with E-state index in [2.05, 4.69) is 41.0 Å². The SMILES string of the molecule is CN(C)C1CCCN(c2ccnc(CN)c2)C1. The molecule has 0 bridgehead atoms. The summed E-state index contributed by atoms with van der Waals surface area (Å²) in [5.41, 5.74) is 7.86. The van der Waals surface area contributed by atoms with Crippen LogP contribution in [-0.4, -0.2) is 43.1 Å². The van der Waals surface area contributed by atoms with Crippen molar-refractivity contribution < 1.29 is 0 Å². The first-order valence-electron chi connectivity index (χ1n) is 6.27. The molecule has 0 radical (unpaired) electrons. The van der Waals surface area contributed by atoms with Gasteiger partial charge in [-0.3, -0.25) is 4.98 Å². The Morgan fingerprint density at radius 1 is 1.53 bits per heavy atom. The number of nitrogens with zero attached hydrogens (tertiary/aromatic N) is 3. The molecule has 2 rings (SSSR count). The Kier molecular flexibility index (Phi) is 3.97. The van der Waals surface area contributed by atoms with E-state index in [1.165, 1.54) is 18.5 Å². The molecule has 1 aromatic rings. The van der Waals surface area contributed by atoms with Crippen LogP contribution in [0.4, 0.5) is 5.69 Å². The monoisotopic (exact) mass is 234 g/mol. The number of rotatable bonds is 3. The minimum absolute atomic E-state index is 0.513. The highest BCUT2D eigenvalue weighted by atomic mass is 15.2. The Morgan fingerprint density at radius 2 is 2.35 bits per heavy atom. The zero-order valence-corrected chi connectivity index (χ0v) is 10.8. The summed E-state index contributed by atoms with van der Waals surface area (Å²) in [5, 5.41) is 0. The number of piperidine rings is 1. The summed E-state index contributed by atoms with van der Waals surface area (Å²) in [5.74, 6) is 0. The van der Waals surface area contributed by atoms with Gasteiger partial charge < -0.3 is 15.5 Å². The van der Waals surface area contributed by atoms with Crippen molar-refractivity contribution in [1.82, 2.24) is 9.88 Å². The number of aromatic nitrogens is 1. The Labute approximate surface area is 103 Å². The predicted octanol–water partition coefficient (Wildman–Crippen LogP) is 1.07. The summed E-state index contributed by atoms with van der Waals surface area (Å²) < 4.78 is 0. The lowest BCUT2D eigenvalue weighted by Gasteiger charge is -2.37. The van der Waals surface area contributed by atoms with Gasteiger partial charge in [0.15, 0.2) is 0 Å². The van der Waals surface area contributed by atoms with Crippen LogP contribution in [0.25, 0.3) is 0 Å². The molecule has 0 amide bonds. The second kappa shape index (κ2) is 5.47. The van der Waals surface area contributed by atoms with Crippen LogP contribution in [0.5, 0.6) is 0 Å². The van der Waals surface area contributed by atoms with E-state index in [0.29, 0.717) is 12.6 Å². The third-order valence-corrected chi connectivity index (χ3v) is 3.50. The van der Waals surface area contributed by atoms with E-state index < -0.39 is 0 Å². The molecule has 4 heteroatoms. The number of nitrogens with two attached hydrogens (primary N) is 1. The second-order valence-electron chi connectivity index (χ2n) is 4.92. The van der Waals surface area contributed by atoms with Crippen LogP contribution in [-0.2, 0) is 6.54 Å². The fourth-order valence-electron chi connectivity index (χ4n) is 2.38. The average Bonchev–Trinajstić information content (AvgIpc) is 2.39. The number of pyridine rings is 1. The summed E-state index contributed by atoms with van der Waals surface area (Å²) in [6, 6.07) is 4.84. The van der Waals surface area contributed by atoms with Gasteiger partial charge in [-0.1, -0.05) is 0 Å². The Balaban J connectivity index is 2.10. The molecule has 0 aromatic carbocycles. The molecular weight excluding hydrogens is 212 g/mol. The maximum atomic E-state index is 5.63. The van der Waals surface area contributed by atoms with E-state index in [1.807, 2.05) is 6.20 Å². The molecule has 4 nitrogen and oxygen atoms in total. The number of likely N-dealkylation sites (N-methyl/N-ethyl adjacent to an activating group) is 1. The Morgan fingerprint density at radius 3 is 3.06 bits per heavy atom.